The van der Waals surface area contributed by atoms with Crippen LogP contribution in [-0.2, 0) is 13.0 Å². The van der Waals surface area contributed by atoms with Crippen molar-refractivity contribution in [2.24, 2.45) is 0 Å². The number of aromatic amines is 1. The first-order valence-corrected chi connectivity index (χ1v) is 5.50. The number of aromatic nitrogens is 5. The number of rotatable bonds is 5. The summed E-state index contributed by atoms with van der Waals surface area (Å²) in [6, 6.07) is 1.46. The highest BCUT2D eigenvalue weighted by Gasteiger charge is 2.26. The molecular weight excluding hydrogens is 261 g/mol. The van der Waals surface area contributed by atoms with Crippen LogP contribution >= 0.6 is 0 Å². The maximum atomic E-state index is 12.1. The highest BCUT2D eigenvalue weighted by atomic mass is 19.4. The molecule has 0 radical (unpaired) electrons. The third kappa shape index (κ3) is 4.53. The quantitative estimate of drug-likeness (QED) is 0.866. The molecule has 0 amide bonds. The highest BCUT2D eigenvalue weighted by molar-refractivity contribution is 5.25. The van der Waals surface area contributed by atoms with Crippen LogP contribution in [0.1, 0.15) is 17.9 Å². The van der Waals surface area contributed by atoms with E-state index in [0.717, 1.165) is 0 Å². The number of aryl methyl sites for hydroxylation is 1. The molecular formula is C10H11F3N6. The van der Waals surface area contributed by atoms with Gasteiger partial charge < -0.3 is 5.32 Å². The molecule has 0 aliphatic heterocycles. The van der Waals surface area contributed by atoms with Gasteiger partial charge in [-0.25, -0.2) is 15.0 Å². The van der Waals surface area contributed by atoms with Crippen LogP contribution in [0.4, 0.5) is 19.1 Å². The molecule has 0 aliphatic rings. The van der Waals surface area contributed by atoms with Crippen LogP contribution in [0.5, 0.6) is 0 Å². The van der Waals surface area contributed by atoms with Gasteiger partial charge in [-0.2, -0.15) is 18.3 Å². The summed E-state index contributed by atoms with van der Waals surface area (Å²) in [6.45, 7) is 0.322. The van der Waals surface area contributed by atoms with Gasteiger partial charge in [0.15, 0.2) is 0 Å². The van der Waals surface area contributed by atoms with Crippen molar-refractivity contribution in [3.8, 4) is 0 Å². The summed E-state index contributed by atoms with van der Waals surface area (Å²) in [5.74, 6) is 0.848. The van der Waals surface area contributed by atoms with Crippen molar-refractivity contribution in [2.45, 2.75) is 25.6 Å². The average Bonchev–Trinajstić information content (AvgIpc) is 2.87. The van der Waals surface area contributed by atoms with Gasteiger partial charge in [0, 0.05) is 18.3 Å². The predicted octanol–water partition coefficient (Wildman–Crippen LogP) is 1.70. The van der Waals surface area contributed by atoms with E-state index in [4.69, 9.17) is 0 Å². The van der Waals surface area contributed by atoms with Crippen molar-refractivity contribution in [2.75, 3.05) is 5.32 Å². The molecule has 102 valence electrons. The van der Waals surface area contributed by atoms with Crippen molar-refractivity contribution in [1.29, 1.82) is 0 Å². The molecule has 2 aromatic rings. The molecule has 9 heteroatoms. The molecule has 6 nitrogen and oxygen atoms in total. The molecule has 0 saturated carbocycles. The lowest BCUT2D eigenvalue weighted by Crippen LogP contribution is -2.10. The van der Waals surface area contributed by atoms with Crippen LogP contribution < -0.4 is 5.32 Å². The minimum atomic E-state index is -4.18. The average molecular weight is 272 g/mol. The molecule has 19 heavy (non-hydrogen) atoms. The predicted molar refractivity (Wildman–Crippen MR) is 60.1 cm³/mol. The van der Waals surface area contributed by atoms with Gasteiger partial charge in [-0.3, -0.25) is 5.10 Å². The smallest absolute Gasteiger partial charge is 0.347 e. The second-order valence-corrected chi connectivity index (χ2v) is 3.77. The lowest BCUT2D eigenvalue weighted by molar-refractivity contribution is -0.134. The fraction of sp³-hybridized carbons (Fsp3) is 0.400. The monoisotopic (exact) mass is 272 g/mol. The van der Waals surface area contributed by atoms with Gasteiger partial charge in [0.05, 0.1) is 6.54 Å². The lowest BCUT2D eigenvalue weighted by atomic mass is 10.2. The Labute approximate surface area is 106 Å². The summed E-state index contributed by atoms with van der Waals surface area (Å²) in [5.41, 5.74) is 0.340. The number of alkyl halides is 3. The van der Waals surface area contributed by atoms with E-state index in [1.54, 1.807) is 0 Å². The SMILES string of the molecule is FC(F)(F)CCc1ccnc(NCc2ncn[nH]2)n1. The van der Waals surface area contributed by atoms with E-state index in [0.29, 0.717) is 18.1 Å². The van der Waals surface area contributed by atoms with Gasteiger partial charge in [-0.15, -0.1) is 0 Å². The molecule has 0 bridgehead atoms. The number of hydrogen-bond donors (Lipinski definition) is 2. The molecule has 0 saturated heterocycles. The summed E-state index contributed by atoms with van der Waals surface area (Å²) in [7, 11) is 0. The number of H-pyrrole nitrogens is 1. The van der Waals surface area contributed by atoms with E-state index in [9.17, 15) is 13.2 Å². The van der Waals surface area contributed by atoms with Crippen LogP contribution in [0.15, 0.2) is 18.6 Å². The fourth-order valence-electron chi connectivity index (χ4n) is 1.37. The van der Waals surface area contributed by atoms with E-state index in [1.807, 2.05) is 0 Å². The first kappa shape index (κ1) is 13.2. The minimum absolute atomic E-state index is 0.164. The number of nitrogens with zero attached hydrogens (tertiary/aromatic N) is 4. The summed E-state index contributed by atoms with van der Waals surface area (Å²) in [4.78, 5) is 11.8. The van der Waals surface area contributed by atoms with Crippen LogP contribution in [0.3, 0.4) is 0 Å². The van der Waals surface area contributed by atoms with Gasteiger partial charge in [0.2, 0.25) is 5.95 Å². The Bertz CT molecular complexity index is 510. The number of anilines is 1. The maximum absolute atomic E-state index is 12.1. The molecule has 0 aromatic carbocycles. The molecule has 2 heterocycles. The molecule has 0 atom stereocenters. The van der Waals surface area contributed by atoms with Crippen molar-refractivity contribution in [3.63, 3.8) is 0 Å². The molecule has 0 aliphatic carbocycles. The summed E-state index contributed by atoms with van der Waals surface area (Å²) >= 11 is 0. The minimum Gasteiger partial charge on any atom is -0.347 e. The Morgan fingerprint density at radius 1 is 1.26 bits per heavy atom. The van der Waals surface area contributed by atoms with Gasteiger partial charge in [0.1, 0.15) is 12.2 Å². The van der Waals surface area contributed by atoms with Gasteiger partial charge >= 0.3 is 6.18 Å². The normalized spacial score (nSPS) is 11.5. The van der Waals surface area contributed by atoms with Crippen molar-refractivity contribution < 1.29 is 13.2 Å². The Kier molecular flexibility index (Phi) is 3.93. The first-order chi connectivity index (χ1) is 9.03. The van der Waals surface area contributed by atoms with E-state index in [-0.39, 0.29) is 12.4 Å². The summed E-state index contributed by atoms with van der Waals surface area (Å²) in [6.07, 6.45) is -2.47. The first-order valence-electron chi connectivity index (χ1n) is 5.50. The lowest BCUT2D eigenvalue weighted by Gasteiger charge is -2.07. The molecule has 2 aromatic heterocycles. The zero-order chi connectivity index (χ0) is 13.7. The van der Waals surface area contributed by atoms with Gasteiger partial charge in [-0.1, -0.05) is 0 Å². The zero-order valence-corrected chi connectivity index (χ0v) is 9.78. The zero-order valence-electron chi connectivity index (χ0n) is 9.78. The summed E-state index contributed by atoms with van der Waals surface area (Å²) < 4.78 is 36.3. The van der Waals surface area contributed by atoms with E-state index in [2.05, 4.69) is 30.5 Å². The number of hydrogen-bond acceptors (Lipinski definition) is 5. The van der Waals surface area contributed by atoms with Gasteiger partial charge in [0.25, 0.3) is 0 Å². The summed E-state index contributed by atoms with van der Waals surface area (Å²) in [5, 5.41) is 9.15. The Balaban J connectivity index is 1.91. The van der Waals surface area contributed by atoms with Crippen molar-refractivity contribution >= 4 is 5.95 Å². The Hall–Kier alpha value is -2.19. The Morgan fingerprint density at radius 2 is 2.11 bits per heavy atom. The largest absolute Gasteiger partial charge is 0.389 e. The Morgan fingerprint density at radius 3 is 2.79 bits per heavy atom. The fourth-order valence-corrected chi connectivity index (χ4v) is 1.37. The molecule has 0 fully saturated rings. The second kappa shape index (κ2) is 5.63. The van der Waals surface area contributed by atoms with Crippen molar-refractivity contribution in [1.82, 2.24) is 25.1 Å². The molecule has 2 N–H and O–H groups in total. The number of nitrogens with one attached hydrogen (secondary N) is 2. The highest BCUT2D eigenvalue weighted by Crippen LogP contribution is 2.21. The topological polar surface area (TPSA) is 79.4 Å². The maximum Gasteiger partial charge on any atom is 0.389 e. The van der Waals surface area contributed by atoms with E-state index >= 15 is 0 Å². The van der Waals surface area contributed by atoms with E-state index in [1.165, 1.54) is 18.6 Å². The third-order valence-electron chi connectivity index (χ3n) is 2.26. The molecule has 0 unspecified atom stereocenters. The second-order valence-electron chi connectivity index (χ2n) is 3.77. The van der Waals surface area contributed by atoms with Crippen LogP contribution in [0.25, 0.3) is 0 Å². The van der Waals surface area contributed by atoms with Gasteiger partial charge in [-0.05, 0) is 12.5 Å². The third-order valence-corrected chi connectivity index (χ3v) is 2.26. The van der Waals surface area contributed by atoms with Crippen LogP contribution in [0, 0.1) is 0 Å². The van der Waals surface area contributed by atoms with Crippen molar-refractivity contribution in [3.05, 3.63) is 30.1 Å². The van der Waals surface area contributed by atoms with Crippen LogP contribution in [-0.4, -0.2) is 31.3 Å². The number of halogens is 3. The standard InChI is InChI=1S/C10H11F3N6/c11-10(12,13)3-1-7-2-4-14-9(18-7)15-5-8-16-6-17-19-8/h2,4,6H,1,3,5H2,(H,14,15,18)(H,16,17,19). The molecule has 2 rings (SSSR count). The molecule has 0 spiro atoms. The van der Waals surface area contributed by atoms with E-state index < -0.39 is 12.6 Å². The van der Waals surface area contributed by atoms with Crippen LogP contribution in [0.2, 0.25) is 0 Å².